The van der Waals surface area contributed by atoms with Gasteiger partial charge in [0.05, 0.1) is 17.2 Å². The van der Waals surface area contributed by atoms with Gasteiger partial charge in [0.25, 0.3) is 0 Å². The molecule has 6 rings (SSSR count). The van der Waals surface area contributed by atoms with Crippen LogP contribution in [0.3, 0.4) is 0 Å². The lowest BCUT2D eigenvalue weighted by atomic mass is 10.0. The largest absolute Gasteiger partial charge is 0.512 e. The Balaban J connectivity index is 1.45. The summed E-state index contributed by atoms with van der Waals surface area (Å²) in [5, 5.41) is 41.3. The van der Waals surface area contributed by atoms with Crippen LogP contribution in [0.25, 0.3) is 44.6 Å². The molecule has 2 N–H and O–H groups in total. The Hall–Kier alpha value is -3.70. The zero-order valence-corrected chi connectivity index (χ0v) is 24.5. The van der Waals surface area contributed by atoms with Crippen LogP contribution in [0, 0.1) is 0 Å². The summed E-state index contributed by atoms with van der Waals surface area (Å²) >= 11 is 0. The number of nitrogens with zero attached hydrogens (tertiary/aromatic N) is 6. The molecule has 4 unspecified atom stereocenters. The van der Waals surface area contributed by atoms with Crippen LogP contribution < -0.4 is 0 Å². The van der Waals surface area contributed by atoms with Gasteiger partial charge >= 0.3 is 0 Å². The molecular formula is C30H30N6O2P2. The first kappa shape index (κ1) is 26.5. The first-order valence-corrected chi connectivity index (χ1v) is 14.1. The highest BCUT2D eigenvalue weighted by Crippen LogP contribution is 2.33. The lowest BCUT2D eigenvalue weighted by Crippen LogP contribution is -2.20. The summed E-state index contributed by atoms with van der Waals surface area (Å²) in [5.41, 5.74) is 4.84. The number of benzene rings is 2. The molecule has 0 bridgehead atoms. The molecule has 2 aliphatic rings. The van der Waals surface area contributed by atoms with E-state index in [4.69, 9.17) is 20.4 Å². The maximum Gasteiger partial charge on any atom is 0.121 e. The molecule has 2 aromatic heterocycles. The number of rotatable bonds is 3. The minimum absolute atomic E-state index is 0.222. The summed E-state index contributed by atoms with van der Waals surface area (Å²) in [4.78, 5) is 3.12. The standard InChI is InChI=1S/C30H30N6O2P2/c1-29(38)16-20(7-3-9-22(39)18-29)36-32-26-13-5-11-24(28(26)34-36)23-10-4-12-25-27(23)33-35(31-25)19-8-6-14-30(2,40)17-21(37)15-19/h3-8,10-16,18,37-38H,9,17,39-40H2,1-2H3/b7-3-,14-6-,19-8+,20-16+,21-15?,22-18?. The molecule has 2 aliphatic carbocycles. The zero-order valence-electron chi connectivity index (χ0n) is 22.2. The molecule has 0 amide bonds. The number of fused-ring (bicyclic) bond motifs is 2. The van der Waals surface area contributed by atoms with Crippen molar-refractivity contribution in [2.75, 3.05) is 0 Å². The second kappa shape index (κ2) is 10.0. The summed E-state index contributed by atoms with van der Waals surface area (Å²) in [6.07, 6.45) is 16.3. The smallest absolute Gasteiger partial charge is 0.121 e. The molecule has 4 aromatic rings. The molecule has 4 atom stereocenters. The Kier molecular flexibility index (Phi) is 6.66. The zero-order chi connectivity index (χ0) is 28.1. The molecule has 0 radical (unpaired) electrons. The van der Waals surface area contributed by atoms with Crippen LogP contribution in [0.5, 0.6) is 0 Å². The third kappa shape index (κ3) is 5.35. The number of aliphatic hydroxyl groups is 2. The topological polar surface area (TPSA) is 102 Å². The molecule has 2 aromatic carbocycles. The van der Waals surface area contributed by atoms with E-state index in [2.05, 4.69) is 18.5 Å². The molecular weight excluding hydrogens is 538 g/mol. The van der Waals surface area contributed by atoms with Gasteiger partial charge in [0.2, 0.25) is 0 Å². The van der Waals surface area contributed by atoms with Gasteiger partial charge in [-0.15, -0.1) is 38.9 Å². The van der Waals surface area contributed by atoms with Crippen molar-refractivity contribution in [3.05, 3.63) is 96.1 Å². The van der Waals surface area contributed by atoms with Crippen LogP contribution in [0.4, 0.5) is 0 Å². The van der Waals surface area contributed by atoms with Crippen molar-refractivity contribution in [1.82, 2.24) is 30.0 Å². The van der Waals surface area contributed by atoms with E-state index in [-0.39, 0.29) is 10.9 Å². The molecule has 0 aliphatic heterocycles. The van der Waals surface area contributed by atoms with E-state index in [1.54, 1.807) is 28.7 Å². The van der Waals surface area contributed by atoms with Gasteiger partial charge in [-0.1, -0.05) is 49.4 Å². The SMILES string of the molecule is CC1(O)C=C(P)C/C=C\C(n2nc3cccc(-c4cccc5nn(/C6=C/C=C\C(C)(P)CC(O)=C6)nc45)c3n2)=C/1. The van der Waals surface area contributed by atoms with E-state index in [1.807, 2.05) is 79.8 Å². The normalized spacial score (nSPS) is 27.8. The van der Waals surface area contributed by atoms with Gasteiger partial charge in [0.1, 0.15) is 27.7 Å². The Bertz CT molecular complexity index is 1840. The highest BCUT2D eigenvalue weighted by atomic mass is 31.0. The Morgan fingerprint density at radius 3 is 2.15 bits per heavy atom. The van der Waals surface area contributed by atoms with E-state index >= 15 is 0 Å². The molecule has 8 nitrogen and oxygen atoms in total. The maximum atomic E-state index is 10.9. The Labute approximate surface area is 236 Å². The molecule has 2 heterocycles. The molecule has 40 heavy (non-hydrogen) atoms. The Morgan fingerprint density at radius 2 is 1.50 bits per heavy atom. The van der Waals surface area contributed by atoms with Gasteiger partial charge in [0, 0.05) is 28.8 Å². The van der Waals surface area contributed by atoms with Gasteiger partial charge in [-0.25, -0.2) is 0 Å². The fraction of sp³-hybridized carbons (Fsp3) is 0.200. The predicted molar refractivity (Wildman–Crippen MR) is 167 cm³/mol. The summed E-state index contributed by atoms with van der Waals surface area (Å²) in [7, 11) is 5.44. The van der Waals surface area contributed by atoms with Crippen molar-refractivity contribution >= 4 is 51.9 Å². The van der Waals surface area contributed by atoms with Crippen LogP contribution in [0.15, 0.2) is 96.1 Å². The lowest BCUT2D eigenvalue weighted by Gasteiger charge is -2.20. The van der Waals surface area contributed by atoms with Crippen molar-refractivity contribution in [2.45, 2.75) is 37.4 Å². The van der Waals surface area contributed by atoms with Crippen LogP contribution in [-0.2, 0) is 0 Å². The van der Waals surface area contributed by atoms with E-state index in [9.17, 15) is 10.2 Å². The first-order valence-electron chi connectivity index (χ1n) is 13.0. The third-order valence-corrected chi connectivity index (χ3v) is 7.56. The van der Waals surface area contributed by atoms with E-state index in [0.29, 0.717) is 35.3 Å². The van der Waals surface area contributed by atoms with Gasteiger partial charge in [-0.05, 0) is 55.1 Å². The van der Waals surface area contributed by atoms with Crippen LogP contribution in [0.2, 0.25) is 0 Å². The third-order valence-electron chi connectivity index (χ3n) is 6.76. The Morgan fingerprint density at radius 1 is 0.875 bits per heavy atom. The number of aliphatic hydroxyl groups excluding tert-OH is 1. The number of hydrogen-bond donors (Lipinski definition) is 2. The highest BCUT2D eigenvalue weighted by Gasteiger charge is 2.21. The van der Waals surface area contributed by atoms with Crippen molar-refractivity contribution in [3.8, 4) is 11.1 Å². The van der Waals surface area contributed by atoms with Crippen molar-refractivity contribution in [3.63, 3.8) is 0 Å². The van der Waals surface area contributed by atoms with Crippen LogP contribution >= 0.6 is 18.5 Å². The molecule has 0 saturated heterocycles. The number of allylic oxidation sites excluding steroid dienone is 10. The average molecular weight is 569 g/mol. The summed E-state index contributed by atoms with van der Waals surface area (Å²) in [6.45, 7) is 3.79. The van der Waals surface area contributed by atoms with Crippen molar-refractivity contribution < 1.29 is 10.2 Å². The van der Waals surface area contributed by atoms with E-state index in [1.165, 1.54) is 0 Å². The van der Waals surface area contributed by atoms with Crippen LogP contribution in [0.1, 0.15) is 26.7 Å². The highest BCUT2D eigenvalue weighted by molar-refractivity contribution is 7.22. The number of aromatic nitrogens is 6. The summed E-state index contributed by atoms with van der Waals surface area (Å²) in [6, 6.07) is 11.7. The van der Waals surface area contributed by atoms with Crippen molar-refractivity contribution in [2.24, 2.45) is 0 Å². The van der Waals surface area contributed by atoms with Gasteiger partial charge in [-0.3, -0.25) is 0 Å². The summed E-state index contributed by atoms with van der Waals surface area (Å²) < 4.78 is 0. The predicted octanol–water partition coefficient (Wildman–Crippen LogP) is 6.03. The lowest BCUT2D eigenvalue weighted by molar-refractivity contribution is 0.163. The van der Waals surface area contributed by atoms with Crippen molar-refractivity contribution in [1.29, 1.82) is 0 Å². The quantitative estimate of drug-likeness (QED) is 0.293. The minimum atomic E-state index is -1.14. The fourth-order valence-corrected chi connectivity index (χ4v) is 5.81. The fourth-order valence-electron chi connectivity index (χ4n) is 5.01. The first-order chi connectivity index (χ1) is 19.1. The van der Waals surface area contributed by atoms with E-state index in [0.717, 1.165) is 27.5 Å². The van der Waals surface area contributed by atoms with Gasteiger partial charge in [0.15, 0.2) is 0 Å². The van der Waals surface area contributed by atoms with Gasteiger partial charge in [-0.2, -0.15) is 9.59 Å². The monoisotopic (exact) mass is 568 g/mol. The average Bonchev–Trinajstić information content (AvgIpc) is 3.49. The molecule has 202 valence electrons. The summed E-state index contributed by atoms with van der Waals surface area (Å²) in [5.74, 6) is 0.261. The molecule has 10 heteroatoms. The number of hydrogen-bond acceptors (Lipinski definition) is 6. The molecule has 0 fully saturated rings. The second-order valence-corrected chi connectivity index (χ2v) is 12.8. The molecule has 0 saturated carbocycles. The van der Waals surface area contributed by atoms with E-state index < -0.39 is 5.60 Å². The second-order valence-electron chi connectivity index (χ2n) is 10.7. The van der Waals surface area contributed by atoms with Gasteiger partial charge < -0.3 is 10.2 Å². The minimum Gasteiger partial charge on any atom is -0.512 e. The molecule has 0 spiro atoms. The maximum absolute atomic E-state index is 10.9. The van der Waals surface area contributed by atoms with Crippen LogP contribution in [-0.4, -0.2) is 51.0 Å².